The maximum atomic E-state index is 12.7. The molecule has 0 aromatic heterocycles. The molecule has 1 aliphatic rings. The zero-order chi connectivity index (χ0) is 23.7. The number of piperidine rings is 1. The highest BCUT2D eigenvalue weighted by Crippen LogP contribution is 2.28. The lowest BCUT2D eigenvalue weighted by Crippen LogP contribution is -2.35. The highest BCUT2D eigenvalue weighted by atomic mass is 32.2. The Bertz CT molecular complexity index is 1020. The molecule has 0 aliphatic carbocycles. The molecule has 1 amide bonds. The molecule has 0 atom stereocenters. The lowest BCUT2D eigenvalue weighted by molar-refractivity contribution is -0.121. The number of carbonyl (C=O) groups is 1. The van der Waals surface area contributed by atoms with Crippen molar-refractivity contribution >= 4 is 15.9 Å². The van der Waals surface area contributed by atoms with Crippen molar-refractivity contribution < 1.29 is 27.4 Å². The van der Waals surface area contributed by atoms with E-state index in [-0.39, 0.29) is 10.8 Å². The number of nitrogens with one attached hydrogen (secondary N) is 1. The molecule has 0 unspecified atom stereocenters. The standard InChI is InChI=1S/C24H32N2O6S/c1-30-22-12-6-19(18-23(22)31-2)7-13-24(27)25-14-17-32-20-8-10-21(11-9-20)33(28,29)26-15-4-3-5-16-26/h6,8-12,18H,3-5,7,13-17H2,1-2H3,(H,25,27). The van der Waals surface area contributed by atoms with E-state index in [0.29, 0.717) is 56.3 Å². The van der Waals surface area contributed by atoms with Crippen LogP contribution in [0.1, 0.15) is 31.2 Å². The van der Waals surface area contributed by atoms with Crippen molar-refractivity contribution in [3.8, 4) is 17.2 Å². The van der Waals surface area contributed by atoms with E-state index in [1.165, 1.54) is 0 Å². The van der Waals surface area contributed by atoms with Crippen molar-refractivity contribution in [2.24, 2.45) is 0 Å². The van der Waals surface area contributed by atoms with Gasteiger partial charge in [-0.3, -0.25) is 4.79 Å². The minimum absolute atomic E-state index is 0.0728. The predicted octanol–water partition coefficient (Wildman–Crippen LogP) is 3.01. The molecule has 0 radical (unpaired) electrons. The second kappa shape index (κ2) is 11.9. The second-order valence-electron chi connectivity index (χ2n) is 7.82. The minimum Gasteiger partial charge on any atom is -0.493 e. The molecule has 1 saturated heterocycles. The number of methoxy groups -OCH3 is 2. The van der Waals surface area contributed by atoms with Crippen LogP contribution in [0.5, 0.6) is 17.2 Å². The molecule has 2 aromatic rings. The predicted molar refractivity (Wildman–Crippen MR) is 125 cm³/mol. The number of sulfonamides is 1. The highest BCUT2D eigenvalue weighted by molar-refractivity contribution is 7.89. The summed E-state index contributed by atoms with van der Waals surface area (Å²) >= 11 is 0. The van der Waals surface area contributed by atoms with Gasteiger partial charge in [0.1, 0.15) is 12.4 Å². The normalized spacial score (nSPS) is 14.5. The maximum Gasteiger partial charge on any atom is 0.243 e. The van der Waals surface area contributed by atoms with Gasteiger partial charge >= 0.3 is 0 Å². The van der Waals surface area contributed by atoms with Crippen molar-refractivity contribution in [3.63, 3.8) is 0 Å². The van der Waals surface area contributed by atoms with Crippen LogP contribution < -0.4 is 19.5 Å². The fourth-order valence-corrected chi connectivity index (χ4v) is 5.22. The largest absolute Gasteiger partial charge is 0.493 e. The number of nitrogens with zero attached hydrogens (tertiary/aromatic N) is 1. The number of amides is 1. The third-order valence-corrected chi connectivity index (χ3v) is 7.47. The first kappa shape index (κ1) is 24.9. The summed E-state index contributed by atoms with van der Waals surface area (Å²) in [5.41, 5.74) is 0.985. The van der Waals surface area contributed by atoms with Gasteiger partial charge in [-0.15, -0.1) is 0 Å². The molecule has 1 aliphatic heterocycles. The van der Waals surface area contributed by atoms with Gasteiger partial charge in [0.05, 0.1) is 25.7 Å². The van der Waals surface area contributed by atoms with E-state index in [2.05, 4.69) is 5.32 Å². The molecule has 0 spiro atoms. The smallest absolute Gasteiger partial charge is 0.243 e. The Kier molecular flexibility index (Phi) is 8.96. The van der Waals surface area contributed by atoms with Gasteiger partial charge in [-0.2, -0.15) is 4.31 Å². The summed E-state index contributed by atoms with van der Waals surface area (Å²) in [5.74, 6) is 1.78. The van der Waals surface area contributed by atoms with Gasteiger partial charge in [0.25, 0.3) is 0 Å². The average molecular weight is 477 g/mol. The number of rotatable bonds is 11. The molecule has 8 nitrogen and oxygen atoms in total. The number of benzene rings is 2. The first-order chi connectivity index (χ1) is 15.9. The number of aryl methyl sites for hydroxylation is 1. The zero-order valence-electron chi connectivity index (χ0n) is 19.2. The third-order valence-electron chi connectivity index (χ3n) is 5.56. The van der Waals surface area contributed by atoms with Crippen LogP contribution in [0.4, 0.5) is 0 Å². The molecule has 1 N–H and O–H groups in total. The Hall–Kier alpha value is -2.78. The number of hydrogen-bond donors (Lipinski definition) is 1. The van der Waals surface area contributed by atoms with E-state index in [9.17, 15) is 13.2 Å². The van der Waals surface area contributed by atoms with Crippen LogP contribution >= 0.6 is 0 Å². The van der Waals surface area contributed by atoms with Gasteiger partial charge in [-0.25, -0.2) is 8.42 Å². The van der Waals surface area contributed by atoms with E-state index < -0.39 is 10.0 Å². The molecule has 1 fully saturated rings. The quantitative estimate of drug-likeness (QED) is 0.501. The van der Waals surface area contributed by atoms with Gasteiger partial charge in [-0.05, 0) is 61.2 Å². The van der Waals surface area contributed by atoms with Gasteiger partial charge in [0, 0.05) is 19.5 Å². The zero-order valence-corrected chi connectivity index (χ0v) is 20.0. The van der Waals surface area contributed by atoms with Crippen LogP contribution in [0.3, 0.4) is 0 Å². The van der Waals surface area contributed by atoms with E-state index in [4.69, 9.17) is 14.2 Å². The van der Waals surface area contributed by atoms with Crippen molar-refractivity contribution in [1.82, 2.24) is 9.62 Å². The average Bonchev–Trinajstić information content (AvgIpc) is 2.86. The van der Waals surface area contributed by atoms with E-state index in [1.807, 2.05) is 18.2 Å². The van der Waals surface area contributed by atoms with Gasteiger partial charge in [0.2, 0.25) is 15.9 Å². The van der Waals surface area contributed by atoms with E-state index in [0.717, 1.165) is 24.8 Å². The summed E-state index contributed by atoms with van der Waals surface area (Å²) in [4.78, 5) is 12.4. The number of hydrogen-bond acceptors (Lipinski definition) is 6. The molecule has 2 aromatic carbocycles. The Morgan fingerprint density at radius 2 is 1.67 bits per heavy atom. The van der Waals surface area contributed by atoms with Gasteiger partial charge in [-0.1, -0.05) is 12.5 Å². The Morgan fingerprint density at radius 1 is 0.970 bits per heavy atom. The molecule has 9 heteroatoms. The third kappa shape index (κ3) is 6.85. The molecule has 0 bridgehead atoms. The second-order valence-corrected chi connectivity index (χ2v) is 9.76. The lowest BCUT2D eigenvalue weighted by atomic mass is 10.1. The SMILES string of the molecule is COc1ccc(CCC(=O)NCCOc2ccc(S(=O)(=O)N3CCCCC3)cc2)cc1OC. The van der Waals surface area contributed by atoms with Gasteiger partial charge in [0.15, 0.2) is 11.5 Å². The highest BCUT2D eigenvalue weighted by Gasteiger charge is 2.25. The van der Waals surface area contributed by atoms with Gasteiger partial charge < -0.3 is 19.5 Å². The molecular formula is C24H32N2O6S. The van der Waals surface area contributed by atoms with E-state index >= 15 is 0 Å². The Balaban J connectivity index is 1.39. The fraction of sp³-hybridized carbons (Fsp3) is 0.458. The summed E-state index contributed by atoms with van der Waals surface area (Å²) in [7, 11) is -0.286. The van der Waals surface area contributed by atoms with Crippen molar-refractivity contribution in [1.29, 1.82) is 0 Å². The first-order valence-electron chi connectivity index (χ1n) is 11.1. The maximum absolute atomic E-state index is 12.7. The summed E-state index contributed by atoms with van der Waals surface area (Å²) in [6, 6.07) is 12.0. The molecule has 1 heterocycles. The van der Waals surface area contributed by atoms with E-state index in [1.54, 1.807) is 42.8 Å². The first-order valence-corrected chi connectivity index (χ1v) is 12.6. The topological polar surface area (TPSA) is 94.2 Å². The van der Waals surface area contributed by atoms with Crippen LogP contribution in [-0.4, -0.2) is 59.1 Å². The fourth-order valence-electron chi connectivity index (χ4n) is 3.70. The molecule has 3 rings (SSSR count). The Morgan fingerprint density at radius 3 is 2.33 bits per heavy atom. The van der Waals surface area contributed by atoms with Crippen molar-refractivity contribution in [2.45, 2.75) is 37.0 Å². The van der Waals surface area contributed by atoms with Crippen molar-refractivity contribution in [3.05, 3.63) is 48.0 Å². The number of carbonyl (C=O) groups excluding carboxylic acids is 1. The van der Waals surface area contributed by atoms with Crippen LogP contribution in [0.15, 0.2) is 47.4 Å². The molecule has 0 saturated carbocycles. The minimum atomic E-state index is -3.45. The van der Waals surface area contributed by atoms with Crippen LogP contribution in [0.2, 0.25) is 0 Å². The summed E-state index contributed by atoms with van der Waals surface area (Å²) in [6.07, 6.45) is 3.81. The van der Waals surface area contributed by atoms with Crippen LogP contribution in [0, 0.1) is 0 Å². The van der Waals surface area contributed by atoms with Crippen LogP contribution in [0.25, 0.3) is 0 Å². The molecule has 180 valence electrons. The van der Waals surface area contributed by atoms with Crippen LogP contribution in [-0.2, 0) is 21.2 Å². The summed E-state index contributed by atoms with van der Waals surface area (Å²) < 4.78 is 43.1. The monoisotopic (exact) mass is 476 g/mol. The number of ether oxygens (including phenoxy) is 3. The Labute approximate surface area is 195 Å². The molecular weight excluding hydrogens is 444 g/mol. The lowest BCUT2D eigenvalue weighted by Gasteiger charge is -2.25. The molecule has 33 heavy (non-hydrogen) atoms. The summed E-state index contributed by atoms with van der Waals surface area (Å²) in [6.45, 7) is 1.80. The summed E-state index contributed by atoms with van der Waals surface area (Å²) in [5, 5.41) is 2.83. The van der Waals surface area contributed by atoms with Crippen molar-refractivity contribution in [2.75, 3.05) is 40.5 Å².